The fourth-order valence-corrected chi connectivity index (χ4v) is 2.14. The Kier molecular flexibility index (Phi) is 5.63. The van der Waals surface area contributed by atoms with Gasteiger partial charge in [0.25, 0.3) is 0 Å². The second-order valence-corrected chi connectivity index (χ2v) is 6.39. The molecule has 0 spiro atoms. The van der Waals surface area contributed by atoms with Gasteiger partial charge in [0.2, 0.25) is 0 Å². The molecule has 1 atom stereocenters. The van der Waals surface area contributed by atoms with Gasteiger partial charge in [0.1, 0.15) is 0 Å². The van der Waals surface area contributed by atoms with Crippen molar-refractivity contribution >= 4 is 0 Å². The van der Waals surface area contributed by atoms with Crippen molar-refractivity contribution in [3.63, 3.8) is 0 Å². The summed E-state index contributed by atoms with van der Waals surface area (Å²) >= 11 is 0. The maximum Gasteiger partial charge on any atom is 0.416 e. The van der Waals surface area contributed by atoms with E-state index in [4.69, 9.17) is 0 Å². The summed E-state index contributed by atoms with van der Waals surface area (Å²) < 4.78 is 37.7. The molecule has 0 aromatic heterocycles. The minimum atomic E-state index is -4.27. The van der Waals surface area contributed by atoms with E-state index in [1.54, 1.807) is 12.1 Å². The zero-order valence-corrected chi connectivity index (χ0v) is 12.6. The highest BCUT2D eigenvalue weighted by Gasteiger charge is 2.30. The fourth-order valence-electron chi connectivity index (χ4n) is 2.14. The van der Waals surface area contributed by atoms with Crippen LogP contribution >= 0.6 is 0 Å². The Morgan fingerprint density at radius 3 is 2.00 bits per heavy atom. The average molecular weight is 287 g/mol. The molecule has 0 aliphatic heterocycles. The number of alkyl halides is 3. The Hall–Kier alpha value is -1.03. The molecular weight excluding hydrogens is 263 g/mol. The summed E-state index contributed by atoms with van der Waals surface area (Å²) in [5.74, 6) is 0. The largest absolute Gasteiger partial charge is 0.416 e. The number of hydrogen-bond donors (Lipinski definition) is 1. The van der Waals surface area contributed by atoms with Crippen molar-refractivity contribution in [1.82, 2.24) is 5.32 Å². The molecule has 0 aliphatic carbocycles. The van der Waals surface area contributed by atoms with Gasteiger partial charge in [0.05, 0.1) is 5.56 Å². The number of nitrogens with one attached hydrogen (secondary N) is 1. The highest BCUT2D eigenvalue weighted by atomic mass is 19.4. The van der Waals surface area contributed by atoms with E-state index in [0.29, 0.717) is 0 Å². The predicted octanol–water partition coefficient (Wildman–Crippen LogP) is 5.18. The molecule has 1 aromatic rings. The second-order valence-electron chi connectivity index (χ2n) is 6.39. The van der Waals surface area contributed by atoms with Crippen LogP contribution in [0.15, 0.2) is 24.3 Å². The van der Waals surface area contributed by atoms with Gasteiger partial charge < -0.3 is 5.32 Å². The van der Waals surface area contributed by atoms with Crippen LogP contribution in [0.1, 0.15) is 57.7 Å². The van der Waals surface area contributed by atoms with Crippen LogP contribution in [-0.4, -0.2) is 6.54 Å². The third-order valence-corrected chi connectivity index (χ3v) is 3.10. The molecule has 114 valence electrons. The van der Waals surface area contributed by atoms with Crippen LogP contribution in [0.25, 0.3) is 0 Å². The van der Waals surface area contributed by atoms with E-state index in [0.717, 1.165) is 24.9 Å². The number of halogens is 3. The van der Waals surface area contributed by atoms with Gasteiger partial charge in [-0.25, -0.2) is 0 Å². The van der Waals surface area contributed by atoms with E-state index < -0.39 is 11.7 Å². The van der Waals surface area contributed by atoms with Gasteiger partial charge in [0.15, 0.2) is 0 Å². The van der Waals surface area contributed by atoms with E-state index in [1.807, 2.05) is 0 Å². The van der Waals surface area contributed by atoms with E-state index >= 15 is 0 Å². The van der Waals surface area contributed by atoms with Crippen LogP contribution in [0.2, 0.25) is 0 Å². The van der Waals surface area contributed by atoms with Crippen molar-refractivity contribution < 1.29 is 13.2 Å². The normalized spacial score (nSPS) is 14.3. The Labute approximate surface area is 119 Å². The van der Waals surface area contributed by atoms with Crippen LogP contribution in [-0.2, 0) is 6.18 Å². The van der Waals surface area contributed by atoms with Crippen molar-refractivity contribution in [3.05, 3.63) is 35.4 Å². The molecule has 1 N–H and O–H groups in total. The minimum absolute atomic E-state index is 0.0947. The molecule has 4 heteroatoms. The van der Waals surface area contributed by atoms with Gasteiger partial charge >= 0.3 is 6.18 Å². The summed E-state index contributed by atoms with van der Waals surface area (Å²) in [5.41, 5.74) is 0.446. The van der Waals surface area contributed by atoms with Crippen LogP contribution in [0, 0.1) is 5.41 Å². The Bertz CT molecular complexity index is 401. The first kappa shape index (κ1) is 17.0. The summed E-state index contributed by atoms with van der Waals surface area (Å²) in [4.78, 5) is 0. The number of benzene rings is 1. The summed E-state index contributed by atoms with van der Waals surface area (Å²) in [7, 11) is 0. The molecule has 0 saturated carbocycles. The van der Waals surface area contributed by atoms with Gasteiger partial charge in [-0.3, -0.25) is 0 Å². The quantitative estimate of drug-likeness (QED) is 0.786. The molecular formula is C16H24F3N. The molecule has 1 unspecified atom stereocenters. The van der Waals surface area contributed by atoms with Crippen LogP contribution in [0.4, 0.5) is 13.2 Å². The van der Waals surface area contributed by atoms with Crippen molar-refractivity contribution in [2.75, 3.05) is 6.54 Å². The van der Waals surface area contributed by atoms with Crippen molar-refractivity contribution in [3.8, 4) is 0 Å². The summed E-state index contributed by atoms with van der Waals surface area (Å²) in [6, 6.07) is 5.60. The molecule has 0 radical (unpaired) electrons. The SMILES string of the molecule is CCCNC(CC(C)(C)C)c1ccc(C(F)(F)F)cc1. The lowest BCUT2D eigenvalue weighted by Gasteiger charge is -2.27. The molecule has 0 aliphatic rings. The van der Waals surface area contributed by atoms with Gasteiger partial charge in [-0.2, -0.15) is 13.2 Å². The van der Waals surface area contributed by atoms with Crippen LogP contribution in [0.5, 0.6) is 0 Å². The summed E-state index contributed by atoms with van der Waals surface area (Å²) in [5, 5.41) is 3.42. The number of hydrogen-bond acceptors (Lipinski definition) is 1. The van der Waals surface area contributed by atoms with Crippen LogP contribution < -0.4 is 5.32 Å². The minimum Gasteiger partial charge on any atom is -0.310 e. The maximum absolute atomic E-state index is 12.6. The lowest BCUT2D eigenvalue weighted by atomic mass is 9.85. The van der Waals surface area contributed by atoms with E-state index in [-0.39, 0.29) is 11.5 Å². The second kappa shape index (κ2) is 6.61. The monoisotopic (exact) mass is 287 g/mol. The highest BCUT2D eigenvalue weighted by molar-refractivity contribution is 5.27. The average Bonchev–Trinajstić information content (AvgIpc) is 2.32. The molecule has 0 fully saturated rings. The Balaban J connectivity index is 2.90. The van der Waals surface area contributed by atoms with Crippen molar-refractivity contribution in [2.45, 2.75) is 52.8 Å². The molecule has 0 bridgehead atoms. The summed E-state index contributed by atoms with van der Waals surface area (Å²) in [6.45, 7) is 9.35. The summed E-state index contributed by atoms with van der Waals surface area (Å²) in [6.07, 6.45) is -2.38. The maximum atomic E-state index is 12.6. The lowest BCUT2D eigenvalue weighted by Crippen LogP contribution is -2.26. The third kappa shape index (κ3) is 5.53. The molecule has 20 heavy (non-hydrogen) atoms. The lowest BCUT2D eigenvalue weighted by molar-refractivity contribution is -0.137. The topological polar surface area (TPSA) is 12.0 Å². The van der Waals surface area contributed by atoms with E-state index in [1.165, 1.54) is 12.1 Å². The smallest absolute Gasteiger partial charge is 0.310 e. The zero-order valence-electron chi connectivity index (χ0n) is 12.6. The van der Waals surface area contributed by atoms with E-state index in [2.05, 4.69) is 33.0 Å². The van der Waals surface area contributed by atoms with E-state index in [9.17, 15) is 13.2 Å². The zero-order chi connectivity index (χ0) is 15.4. The predicted molar refractivity (Wildman–Crippen MR) is 76.6 cm³/mol. The van der Waals surface area contributed by atoms with Crippen LogP contribution in [0.3, 0.4) is 0 Å². The van der Waals surface area contributed by atoms with Gasteiger partial charge in [-0.05, 0) is 42.5 Å². The Morgan fingerprint density at radius 1 is 1.05 bits per heavy atom. The molecule has 1 aromatic carbocycles. The third-order valence-electron chi connectivity index (χ3n) is 3.10. The van der Waals surface area contributed by atoms with Crippen molar-refractivity contribution in [2.24, 2.45) is 5.41 Å². The molecule has 1 nitrogen and oxygen atoms in total. The highest BCUT2D eigenvalue weighted by Crippen LogP contribution is 2.33. The molecule has 1 rings (SSSR count). The number of rotatable bonds is 5. The first-order valence-corrected chi connectivity index (χ1v) is 7.04. The molecule has 0 amide bonds. The van der Waals surface area contributed by atoms with Gasteiger partial charge in [0, 0.05) is 6.04 Å². The standard InChI is InChI=1S/C16H24F3N/c1-5-10-20-14(11-15(2,3)4)12-6-8-13(9-7-12)16(17,18)19/h6-9,14,20H,5,10-11H2,1-4H3. The molecule has 0 heterocycles. The Morgan fingerprint density at radius 2 is 1.60 bits per heavy atom. The fraction of sp³-hybridized carbons (Fsp3) is 0.625. The van der Waals surface area contributed by atoms with Crippen molar-refractivity contribution in [1.29, 1.82) is 0 Å². The molecule has 0 saturated heterocycles. The first-order chi connectivity index (χ1) is 9.13. The van der Waals surface area contributed by atoms with Gasteiger partial charge in [-0.1, -0.05) is 39.8 Å². The first-order valence-electron chi connectivity index (χ1n) is 7.04. The van der Waals surface area contributed by atoms with Gasteiger partial charge in [-0.15, -0.1) is 0 Å².